The topological polar surface area (TPSA) is 64.9 Å². The molecule has 0 saturated carbocycles. The average Bonchev–Trinajstić information content (AvgIpc) is 2.64. The number of nitrogens with zero attached hydrogens (tertiary/aromatic N) is 2. The van der Waals surface area contributed by atoms with E-state index in [9.17, 15) is 8.78 Å². The van der Waals surface area contributed by atoms with Crippen molar-refractivity contribution in [1.29, 1.82) is 0 Å². The summed E-state index contributed by atoms with van der Waals surface area (Å²) < 4.78 is 30.7. The molecule has 0 aliphatic heterocycles. The highest BCUT2D eigenvalue weighted by Crippen LogP contribution is 2.19. The SMILES string of the molecule is CC(N)c1nc(-c2cc(F)cc(F)c2)no1.Cl. The molecule has 0 aliphatic carbocycles. The zero-order valence-corrected chi connectivity index (χ0v) is 9.67. The summed E-state index contributed by atoms with van der Waals surface area (Å²) in [6.45, 7) is 1.67. The van der Waals surface area contributed by atoms with Gasteiger partial charge in [0.05, 0.1) is 6.04 Å². The van der Waals surface area contributed by atoms with Crippen LogP contribution >= 0.6 is 12.4 Å². The molecule has 0 amide bonds. The van der Waals surface area contributed by atoms with Gasteiger partial charge in [-0.05, 0) is 19.1 Å². The third kappa shape index (κ3) is 2.98. The number of hydrogen-bond donors (Lipinski definition) is 1. The number of benzene rings is 1. The van der Waals surface area contributed by atoms with E-state index in [1.165, 1.54) is 0 Å². The second-order valence-electron chi connectivity index (χ2n) is 3.40. The van der Waals surface area contributed by atoms with Crippen molar-refractivity contribution in [2.45, 2.75) is 13.0 Å². The van der Waals surface area contributed by atoms with Crippen LogP contribution in [0.25, 0.3) is 11.4 Å². The van der Waals surface area contributed by atoms with Gasteiger partial charge in [-0.2, -0.15) is 4.98 Å². The van der Waals surface area contributed by atoms with E-state index in [-0.39, 0.29) is 29.7 Å². The first-order valence-electron chi connectivity index (χ1n) is 4.62. The molecule has 1 heterocycles. The summed E-state index contributed by atoms with van der Waals surface area (Å²) in [5.74, 6) is -1.05. The number of aromatic nitrogens is 2. The second kappa shape index (κ2) is 5.20. The van der Waals surface area contributed by atoms with Gasteiger partial charge in [0.15, 0.2) is 0 Å². The summed E-state index contributed by atoms with van der Waals surface area (Å²) in [4.78, 5) is 3.93. The molecule has 4 nitrogen and oxygen atoms in total. The Kier molecular flexibility index (Phi) is 4.14. The fraction of sp³-hybridized carbons (Fsp3) is 0.200. The summed E-state index contributed by atoms with van der Waals surface area (Å²) in [6.07, 6.45) is 0. The smallest absolute Gasteiger partial charge is 0.243 e. The molecule has 2 aromatic rings. The van der Waals surface area contributed by atoms with E-state index >= 15 is 0 Å². The predicted octanol–water partition coefficient (Wildman–Crippen LogP) is 2.46. The van der Waals surface area contributed by atoms with Gasteiger partial charge in [-0.3, -0.25) is 0 Å². The zero-order valence-electron chi connectivity index (χ0n) is 8.85. The van der Waals surface area contributed by atoms with Crippen LogP contribution in [0.4, 0.5) is 8.78 Å². The predicted molar refractivity (Wildman–Crippen MR) is 59.5 cm³/mol. The van der Waals surface area contributed by atoms with E-state index in [2.05, 4.69) is 10.1 Å². The molecule has 2 rings (SSSR count). The van der Waals surface area contributed by atoms with E-state index in [1.54, 1.807) is 6.92 Å². The van der Waals surface area contributed by atoms with Gasteiger partial charge in [-0.25, -0.2) is 8.78 Å². The van der Waals surface area contributed by atoms with Crippen molar-refractivity contribution in [3.05, 3.63) is 35.7 Å². The van der Waals surface area contributed by atoms with Crippen molar-refractivity contribution in [2.24, 2.45) is 5.73 Å². The van der Waals surface area contributed by atoms with Crippen LogP contribution in [-0.4, -0.2) is 10.1 Å². The lowest BCUT2D eigenvalue weighted by Gasteiger charge is -1.96. The second-order valence-corrected chi connectivity index (χ2v) is 3.40. The van der Waals surface area contributed by atoms with Crippen molar-refractivity contribution < 1.29 is 13.3 Å². The van der Waals surface area contributed by atoms with Gasteiger partial charge in [0, 0.05) is 11.6 Å². The van der Waals surface area contributed by atoms with Crippen LogP contribution in [-0.2, 0) is 0 Å². The molecular weight excluding hydrogens is 252 g/mol. The fourth-order valence-corrected chi connectivity index (χ4v) is 1.22. The van der Waals surface area contributed by atoms with Gasteiger partial charge in [0.1, 0.15) is 11.6 Å². The van der Waals surface area contributed by atoms with Crippen molar-refractivity contribution in [3.8, 4) is 11.4 Å². The Hall–Kier alpha value is -1.53. The molecule has 2 N–H and O–H groups in total. The zero-order chi connectivity index (χ0) is 11.7. The Morgan fingerprint density at radius 2 is 1.82 bits per heavy atom. The quantitative estimate of drug-likeness (QED) is 0.902. The largest absolute Gasteiger partial charge is 0.337 e. The Labute approximate surface area is 102 Å². The van der Waals surface area contributed by atoms with Crippen molar-refractivity contribution >= 4 is 12.4 Å². The van der Waals surface area contributed by atoms with E-state index in [1.807, 2.05) is 0 Å². The van der Waals surface area contributed by atoms with Gasteiger partial charge in [0.2, 0.25) is 11.7 Å². The van der Waals surface area contributed by atoms with Crippen LogP contribution in [0.5, 0.6) is 0 Å². The van der Waals surface area contributed by atoms with Crippen LogP contribution in [0.2, 0.25) is 0 Å². The molecule has 0 saturated heterocycles. The van der Waals surface area contributed by atoms with E-state index in [4.69, 9.17) is 10.3 Å². The molecule has 7 heteroatoms. The summed E-state index contributed by atoms with van der Waals surface area (Å²) in [7, 11) is 0. The molecule has 0 bridgehead atoms. The first-order chi connectivity index (χ1) is 7.56. The van der Waals surface area contributed by atoms with E-state index in [0.29, 0.717) is 0 Å². The minimum atomic E-state index is -0.692. The highest BCUT2D eigenvalue weighted by Gasteiger charge is 2.13. The minimum absolute atomic E-state index is 0. The molecular formula is C10H10ClF2N3O. The molecule has 92 valence electrons. The number of halogens is 3. The summed E-state index contributed by atoms with van der Waals surface area (Å²) in [5.41, 5.74) is 5.74. The summed E-state index contributed by atoms with van der Waals surface area (Å²) >= 11 is 0. The Bertz CT molecular complexity index is 496. The Morgan fingerprint density at radius 3 is 2.29 bits per heavy atom. The van der Waals surface area contributed by atoms with Crippen LogP contribution in [0.15, 0.2) is 22.7 Å². The summed E-state index contributed by atoms with van der Waals surface area (Å²) in [5, 5.41) is 3.59. The average molecular weight is 262 g/mol. The lowest BCUT2D eigenvalue weighted by Crippen LogP contribution is -2.04. The Balaban J connectivity index is 0.00000144. The van der Waals surface area contributed by atoms with Gasteiger partial charge >= 0.3 is 0 Å². The number of rotatable bonds is 2. The molecule has 0 radical (unpaired) electrons. The van der Waals surface area contributed by atoms with Crippen LogP contribution < -0.4 is 5.73 Å². The third-order valence-corrected chi connectivity index (χ3v) is 1.95. The standard InChI is InChI=1S/C10H9F2N3O.ClH/c1-5(13)10-14-9(15-16-10)6-2-7(11)4-8(12)3-6;/h2-5H,13H2,1H3;1H. The highest BCUT2D eigenvalue weighted by atomic mass is 35.5. The van der Waals surface area contributed by atoms with Gasteiger partial charge in [-0.15, -0.1) is 12.4 Å². The van der Waals surface area contributed by atoms with Crippen molar-refractivity contribution in [1.82, 2.24) is 10.1 Å². The van der Waals surface area contributed by atoms with Crippen molar-refractivity contribution in [3.63, 3.8) is 0 Å². The van der Waals surface area contributed by atoms with Gasteiger partial charge < -0.3 is 10.3 Å². The first-order valence-corrected chi connectivity index (χ1v) is 4.62. The highest BCUT2D eigenvalue weighted by molar-refractivity contribution is 5.85. The first kappa shape index (κ1) is 13.5. The monoisotopic (exact) mass is 261 g/mol. The lowest BCUT2D eigenvalue weighted by atomic mass is 10.2. The maximum absolute atomic E-state index is 12.9. The molecule has 1 aromatic heterocycles. The maximum atomic E-state index is 12.9. The minimum Gasteiger partial charge on any atom is -0.337 e. The van der Waals surface area contributed by atoms with Gasteiger partial charge in [0.25, 0.3) is 0 Å². The lowest BCUT2D eigenvalue weighted by molar-refractivity contribution is 0.362. The fourth-order valence-electron chi connectivity index (χ4n) is 1.22. The molecule has 1 atom stereocenters. The Morgan fingerprint density at radius 1 is 1.24 bits per heavy atom. The van der Waals surface area contributed by atoms with E-state index in [0.717, 1.165) is 18.2 Å². The normalized spacial score (nSPS) is 12.0. The molecule has 0 fully saturated rings. The third-order valence-electron chi connectivity index (χ3n) is 1.95. The molecule has 0 aliphatic rings. The number of nitrogens with two attached hydrogens (primary N) is 1. The molecule has 0 spiro atoms. The van der Waals surface area contributed by atoms with Crippen LogP contribution in [0.1, 0.15) is 18.9 Å². The van der Waals surface area contributed by atoms with Gasteiger partial charge in [-0.1, -0.05) is 5.16 Å². The number of hydrogen-bond acceptors (Lipinski definition) is 4. The van der Waals surface area contributed by atoms with Crippen LogP contribution in [0, 0.1) is 11.6 Å². The molecule has 17 heavy (non-hydrogen) atoms. The molecule has 1 aromatic carbocycles. The van der Waals surface area contributed by atoms with E-state index < -0.39 is 17.7 Å². The van der Waals surface area contributed by atoms with Crippen molar-refractivity contribution in [2.75, 3.05) is 0 Å². The molecule has 1 unspecified atom stereocenters. The van der Waals surface area contributed by atoms with Crippen LogP contribution in [0.3, 0.4) is 0 Å². The maximum Gasteiger partial charge on any atom is 0.243 e. The summed E-state index contributed by atoms with van der Waals surface area (Å²) in [6, 6.07) is 2.60.